The van der Waals surface area contributed by atoms with Crippen molar-refractivity contribution < 1.29 is 10.1 Å². The molecule has 0 bridgehead atoms. The van der Waals surface area contributed by atoms with Gasteiger partial charge in [0.05, 0.1) is 0 Å². The summed E-state index contributed by atoms with van der Waals surface area (Å²) in [6.45, 7) is 6.12. The highest BCUT2D eigenvalue weighted by Gasteiger charge is 2.27. The van der Waals surface area contributed by atoms with Gasteiger partial charge in [0.15, 0.2) is 6.04 Å². The molecule has 2 atom stereocenters. The first-order valence-corrected chi connectivity index (χ1v) is 9.85. The SMILES string of the molecule is Cc1ccc(C)c(NC(=O)[C@@H]([NH2+][C@@H](C)c2cccc(Cl)c2)c2ccccc2)c1. The van der Waals surface area contributed by atoms with Crippen LogP contribution >= 0.6 is 11.6 Å². The van der Waals surface area contributed by atoms with Crippen molar-refractivity contribution in [2.45, 2.75) is 32.9 Å². The largest absolute Gasteiger partial charge is 0.326 e. The lowest BCUT2D eigenvalue weighted by atomic mass is 10.0. The van der Waals surface area contributed by atoms with Gasteiger partial charge in [0.1, 0.15) is 6.04 Å². The third-order valence-electron chi connectivity index (χ3n) is 4.95. The van der Waals surface area contributed by atoms with E-state index in [1.54, 1.807) is 0 Å². The summed E-state index contributed by atoms with van der Waals surface area (Å²) in [7, 11) is 0. The van der Waals surface area contributed by atoms with Crippen LogP contribution in [0.25, 0.3) is 0 Å². The summed E-state index contributed by atoms with van der Waals surface area (Å²) in [6, 6.07) is 23.5. The minimum Gasteiger partial charge on any atom is -0.326 e. The van der Waals surface area contributed by atoms with Crippen LogP contribution in [0.4, 0.5) is 5.69 Å². The van der Waals surface area contributed by atoms with Crippen molar-refractivity contribution >= 4 is 23.2 Å². The van der Waals surface area contributed by atoms with Gasteiger partial charge in [-0.25, -0.2) is 0 Å². The zero-order valence-electron chi connectivity index (χ0n) is 16.4. The Labute approximate surface area is 171 Å². The Balaban J connectivity index is 1.86. The van der Waals surface area contributed by atoms with Gasteiger partial charge in [-0.2, -0.15) is 0 Å². The van der Waals surface area contributed by atoms with Gasteiger partial charge in [-0.05, 0) is 50.1 Å². The fraction of sp³-hybridized carbons (Fsp3) is 0.208. The van der Waals surface area contributed by atoms with E-state index in [0.717, 1.165) is 27.9 Å². The summed E-state index contributed by atoms with van der Waals surface area (Å²) in [4.78, 5) is 13.2. The number of nitrogens with one attached hydrogen (secondary N) is 1. The number of hydrogen-bond acceptors (Lipinski definition) is 1. The zero-order chi connectivity index (χ0) is 20.1. The van der Waals surface area contributed by atoms with Crippen molar-refractivity contribution in [3.05, 3.63) is 100 Å². The molecule has 3 rings (SSSR count). The molecule has 0 radical (unpaired) electrons. The van der Waals surface area contributed by atoms with Crippen LogP contribution in [0, 0.1) is 13.8 Å². The number of aryl methyl sites for hydroxylation is 2. The molecule has 4 heteroatoms. The molecule has 3 nitrogen and oxygen atoms in total. The average Bonchev–Trinajstić information content (AvgIpc) is 2.69. The van der Waals surface area contributed by atoms with Crippen LogP contribution in [0.5, 0.6) is 0 Å². The smallest absolute Gasteiger partial charge is 0.287 e. The number of quaternary nitrogens is 1. The van der Waals surface area contributed by atoms with E-state index in [9.17, 15) is 4.79 Å². The van der Waals surface area contributed by atoms with Crippen LogP contribution in [0.2, 0.25) is 5.02 Å². The fourth-order valence-electron chi connectivity index (χ4n) is 3.28. The first kappa shape index (κ1) is 20.1. The highest BCUT2D eigenvalue weighted by Crippen LogP contribution is 2.20. The molecule has 3 aromatic carbocycles. The summed E-state index contributed by atoms with van der Waals surface area (Å²) in [5, 5.41) is 5.91. The molecule has 0 unspecified atom stereocenters. The third-order valence-corrected chi connectivity index (χ3v) is 5.18. The van der Waals surface area contributed by atoms with Crippen LogP contribution in [-0.4, -0.2) is 5.91 Å². The van der Waals surface area contributed by atoms with Gasteiger partial charge in [0, 0.05) is 21.8 Å². The van der Waals surface area contributed by atoms with Crippen LogP contribution in [-0.2, 0) is 4.79 Å². The zero-order valence-corrected chi connectivity index (χ0v) is 17.2. The van der Waals surface area contributed by atoms with Crippen molar-refractivity contribution in [1.82, 2.24) is 0 Å². The highest BCUT2D eigenvalue weighted by molar-refractivity contribution is 6.30. The van der Waals surface area contributed by atoms with Crippen LogP contribution < -0.4 is 10.6 Å². The van der Waals surface area contributed by atoms with Gasteiger partial charge in [-0.15, -0.1) is 0 Å². The maximum absolute atomic E-state index is 13.2. The molecule has 3 aromatic rings. The molecular formula is C24H26ClN2O+. The summed E-state index contributed by atoms with van der Waals surface area (Å²) in [5.74, 6) is -0.0335. The Morgan fingerprint density at radius 2 is 1.64 bits per heavy atom. The molecule has 0 saturated heterocycles. The predicted octanol–water partition coefficient (Wildman–Crippen LogP) is 4.96. The Bertz CT molecular complexity index is 956. The van der Waals surface area contributed by atoms with Crippen LogP contribution in [0.15, 0.2) is 72.8 Å². The molecule has 0 aromatic heterocycles. The minimum atomic E-state index is -0.366. The lowest BCUT2D eigenvalue weighted by molar-refractivity contribution is -0.718. The maximum atomic E-state index is 13.2. The number of hydrogen-bond donors (Lipinski definition) is 2. The number of nitrogens with two attached hydrogens (primary N) is 1. The number of carbonyl (C=O) groups is 1. The van der Waals surface area contributed by atoms with Crippen molar-refractivity contribution in [1.29, 1.82) is 0 Å². The number of anilines is 1. The Morgan fingerprint density at radius 3 is 2.36 bits per heavy atom. The number of rotatable bonds is 6. The van der Waals surface area contributed by atoms with E-state index in [2.05, 4.69) is 17.6 Å². The monoisotopic (exact) mass is 393 g/mol. The van der Waals surface area contributed by atoms with E-state index in [4.69, 9.17) is 11.6 Å². The van der Waals surface area contributed by atoms with Gasteiger partial charge < -0.3 is 10.6 Å². The van der Waals surface area contributed by atoms with Gasteiger partial charge in [-0.1, -0.05) is 66.2 Å². The van der Waals surface area contributed by atoms with E-state index in [1.165, 1.54) is 0 Å². The highest BCUT2D eigenvalue weighted by atomic mass is 35.5. The van der Waals surface area contributed by atoms with Gasteiger partial charge >= 0.3 is 0 Å². The first-order valence-electron chi connectivity index (χ1n) is 9.47. The number of benzene rings is 3. The third kappa shape index (κ3) is 5.00. The molecule has 28 heavy (non-hydrogen) atoms. The summed E-state index contributed by atoms with van der Waals surface area (Å²) in [6.07, 6.45) is 0. The van der Waals surface area contributed by atoms with E-state index in [-0.39, 0.29) is 18.0 Å². The summed E-state index contributed by atoms with van der Waals surface area (Å²) >= 11 is 6.15. The maximum Gasteiger partial charge on any atom is 0.287 e. The molecular weight excluding hydrogens is 368 g/mol. The van der Waals surface area contributed by atoms with E-state index in [0.29, 0.717) is 5.02 Å². The molecule has 0 aliphatic rings. The Hall–Kier alpha value is -2.62. The molecule has 0 heterocycles. The summed E-state index contributed by atoms with van der Waals surface area (Å²) in [5.41, 5.74) is 5.09. The first-order chi connectivity index (χ1) is 13.4. The van der Waals surface area contributed by atoms with Gasteiger partial charge in [0.2, 0.25) is 0 Å². The second-order valence-corrected chi connectivity index (χ2v) is 7.67. The van der Waals surface area contributed by atoms with Gasteiger partial charge in [0.25, 0.3) is 5.91 Å². The topological polar surface area (TPSA) is 45.7 Å². The van der Waals surface area contributed by atoms with Crippen molar-refractivity contribution in [2.75, 3.05) is 5.32 Å². The minimum absolute atomic E-state index is 0.0335. The van der Waals surface area contributed by atoms with E-state index in [1.807, 2.05) is 86.6 Å². The van der Waals surface area contributed by atoms with E-state index < -0.39 is 0 Å². The molecule has 0 aliphatic carbocycles. The van der Waals surface area contributed by atoms with Crippen LogP contribution in [0.1, 0.15) is 41.3 Å². The molecule has 0 spiro atoms. The Kier molecular flexibility index (Phi) is 6.50. The lowest BCUT2D eigenvalue weighted by Crippen LogP contribution is -2.87. The number of carbonyl (C=O) groups excluding carboxylic acids is 1. The number of halogens is 1. The summed E-state index contributed by atoms with van der Waals surface area (Å²) < 4.78 is 0. The van der Waals surface area contributed by atoms with Crippen molar-refractivity contribution in [2.24, 2.45) is 0 Å². The second kappa shape index (κ2) is 9.05. The lowest BCUT2D eigenvalue weighted by Gasteiger charge is -2.21. The van der Waals surface area contributed by atoms with E-state index >= 15 is 0 Å². The van der Waals surface area contributed by atoms with Crippen molar-refractivity contribution in [3.63, 3.8) is 0 Å². The average molecular weight is 394 g/mol. The van der Waals surface area contributed by atoms with Crippen molar-refractivity contribution in [3.8, 4) is 0 Å². The van der Waals surface area contributed by atoms with Gasteiger partial charge in [-0.3, -0.25) is 4.79 Å². The molecule has 3 N–H and O–H groups in total. The normalized spacial score (nSPS) is 13.0. The second-order valence-electron chi connectivity index (χ2n) is 7.23. The molecule has 144 valence electrons. The molecule has 0 saturated carbocycles. The number of amides is 1. The Morgan fingerprint density at radius 1 is 0.929 bits per heavy atom. The predicted molar refractivity (Wildman–Crippen MR) is 116 cm³/mol. The quantitative estimate of drug-likeness (QED) is 0.610. The molecule has 1 amide bonds. The molecule has 0 aliphatic heterocycles. The van der Waals surface area contributed by atoms with Crippen LogP contribution in [0.3, 0.4) is 0 Å². The molecule has 0 fully saturated rings. The fourth-order valence-corrected chi connectivity index (χ4v) is 3.48. The standard InChI is InChI=1S/C24H25ClN2O/c1-16-12-13-17(2)22(14-16)27-24(28)23(19-8-5-4-6-9-19)26-18(3)20-10-7-11-21(25)15-20/h4-15,18,23,26H,1-3H3,(H,27,28)/p+1/t18-,23-/m0/s1.